The van der Waals surface area contributed by atoms with E-state index >= 15 is 0 Å². The molecule has 1 aliphatic heterocycles. The second kappa shape index (κ2) is 8.28. The maximum absolute atomic E-state index is 13.0. The molecule has 2 aliphatic carbocycles. The maximum Gasteiger partial charge on any atom is 0.338 e. The number of imide groups is 1. The summed E-state index contributed by atoms with van der Waals surface area (Å²) >= 11 is 0. The van der Waals surface area contributed by atoms with Crippen molar-refractivity contribution in [1.29, 1.82) is 0 Å². The monoisotopic (exact) mass is 448 g/mol. The van der Waals surface area contributed by atoms with Gasteiger partial charge in [-0.05, 0) is 63.8 Å². The van der Waals surface area contributed by atoms with Gasteiger partial charge < -0.3 is 9.30 Å². The summed E-state index contributed by atoms with van der Waals surface area (Å²) in [6.45, 7) is 3.53. The number of amides is 2. The number of ketones is 1. The van der Waals surface area contributed by atoms with Gasteiger partial charge in [0, 0.05) is 29.0 Å². The molecule has 0 atom stereocenters. The molecule has 1 aromatic carbocycles. The third-order valence-corrected chi connectivity index (χ3v) is 7.12. The maximum atomic E-state index is 13.0. The topological polar surface area (TPSA) is 85.7 Å². The molecule has 0 radical (unpaired) electrons. The largest absolute Gasteiger partial charge is 0.454 e. The van der Waals surface area contributed by atoms with Crippen molar-refractivity contribution >= 4 is 23.6 Å². The molecule has 3 aliphatic rings. The van der Waals surface area contributed by atoms with Crippen LogP contribution in [0.25, 0.3) is 0 Å². The number of Topliss-reactive ketones (excluding diaryl/α,β-unsaturated/α-hetero) is 1. The summed E-state index contributed by atoms with van der Waals surface area (Å²) in [5.41, 5.74) is 3.24. The highest BCUT2D eigenvalue weighted by Crippen LogP contribution is 2.38. The average Bonchev–Trinajstić information content (AvgIpc) is 3.56. The molecule has 2 saturated carbocycles. The molecule has 5 rings (SSSR count). The Morgan fingerprint density at radius 2 is 1.61 bits per heavy atom. The number of aryl methyl sites for hydroxylation is 1. The molecule has 0 N–H and O–H groups in total. The molecule has 7 nitrogen and oxygen atoms in total. The van der Waals surface area contributed by atoms with Crippen molar-refractivity contribution < 1.29 is 23.9 Å². The van der Waals surface area contributed by atoms with Gasteiger partial charge in [0.05, 0.1) is 16.7 Å². The summed E-state index contributed by atoms with van der Waals surface area (Å²) in [7, 11) is 0. The molecule has 33 heavy (non-hydrogen) atoms. The Balaban J connectivity index is 1.28. The summed E-state index contributed by atoms with van der Waals surface area (Å²) in [6.07, 6.45) is 7.03. The highest BCUT2D eigenvalue weighted by atomic mass is 16.5. The summed E-state index contributed by atoms with van der Waals surface area (Å²) in [5.74, 6) is -1.57. The number of fused-ring (bicyclic) bond motifs is 1. The van der Waals surface area contributed by atoms with Gasteiger partial charge in [-0.2, -0.15) is 0 Å². The number of benzene rings is 1. The molecule has 2 aromatic rings. The van der Waals surface area contributed by atoms with Crippen LogP contribution in [0.5, 0.6) is 0 Å². The lowest BCUT2D eigenvalue weighted by molar-refractivity contribution is 0.0474. The second-order valence-corrected chi connectivity index (χ2v) is 9.42. The van der Waals surface area contributed by atoms with Crippen molar-refractivity contribution in [2.75, 3.05) is 6.61 Å². The van der Waals surface area contributed by atoms with E-state index in [4.69, 9.17) is 4.74 Å². The number of aromatic nitrogens is 1. The third kappa shape index (κ3) is 3.79. The van der Waals surface area contributed by atoms with Gasteiger partial charge in [-0.3, -0.25) is 19.3 Å². The van der Waals surface area contributed by atoms with E-state index in [0.29, 0.717) is 17.2 Å². The third-order valence-electron chi connectivity index (χ3n) is 7.12. The fraction of sp³-hybridized carbons (Fsp3) is 0.462. The van der Waals surface area contributed by atoms with E-state index in [0.717, 1.165) is 56.3 Å². The Morgan fingerprint density at radius 1 is 0.909 bits per heavy atom. The molecule has 1 aromatic heterocycles. The van der Waals surface area contributed by atoms with E-state index in [1.54, 1.807) is 0 Å². The van der Waals surface area contributed by atoms with Crippen LogP contribution in [0.3, 0.4) is 0 Å². The molecule has 0 bridgehead atoms. The summed E-state index contributed by atoms with van der Waals surface area (Å²) < 4.78 is 7.46. The minimum absolute atomic E-state index is 0.0752. The van der Waals surface area contributed by atoms with Crippen LogP contribution in [0.2, 0.25) is 0 Å². The highest BCUT2D eigenvalue weighted by molar-refractivity contribution is 6.22. The van der Waals surface area contributed by atoms with Crippen LogP contribution in [-0.2, 0) is 4.74 Å². The van der Waals surface area contributed by atoms with Gasteiger partial charge in [0.2, 0.25) is 5.78 Å². The lowest BCUT2D eigenvalue weighted by Crippen LogP contribution is -2.40. The predicted molar refractivity (Wildman–Crippen MR) is 121 cm³/mol. The van der Waals surface area contributed by atoms with E-state index in [-0.39, 0.29) is 41.4 Å². The second-order valence-electron chi connectivity index (χ2n) is 9.42. The Kier molecular flexibility index (Phi) is 5.43. The Bertz CT molecular complexity index is 1170. The molecule has 2 heterocycles. The van der Waals surface area contributed by atoms with Gasteiger partial charge in [0.25, 0.3) is 11.8 Å². The number of esters is 1. The molecular formula is C26H28N2O5. The first-order valence-corrected chi connectivity index (χ1v) is 11.8. The summed E-state index contributed by atoms with van der Waals surface area (Å²) in [6, 6.07) is 6.66. The van der Waals surface area contributed by atoms with Crippen LogP contribution in [-0.4, -0.2) is 45.7 Å². The minimum atomic E-state index is -0.682. The average molecular weight is 449 g/mol. The molecular weight excluding hydrogens is 420 g/mol. The fourth-order valence-corrected chi connectivity index (χ4v) is 5.30. The van der Waals surface area contributed by atoms with Gasteiger partial charge >= 0.3 is 5.97 Å². The smallest absolute Gasteiger partial charge is 0.338 e. The number of hydrogen-bond acceptors (Lipinski definition) is 5. The van der Waals surface area contributed by atoms with Crippen molar-refractivity contribution in [3.05, 3.63) is 57.9 Å². The lowest BCUT2D eigenvalue weighted by atomic mass is 9.94. The van der Waals surface area contributed by atoms with Crippen LogP contribution in [0, 0.1) is 13.8 Å². The highest BCUT2D eigenvalue weighted by Gasteiger charge is 2.40. The zero-order chi connectivity index (χ0) is 23.3. The quantitative estimate of drug-likeness (QED) is 0.371. The number of carbonyl (C=O) groups is 4. The Labute approximate surface area is 192 Å². The van der Waals surface area contributed by atoms with Gasteiger partial charge in [-0.25, -0.2) is 4.79 Å². The standard InChI is InChI=1S/C26H28N2O5/c1-15-12-21(16(2)27(15)19-9-10-19)23(29)14-33-26(32)17-8-11-20-22(13-17)25(31)28(24(20)30)18-6-4-3-5-7-18/h8,11-13,18-19H,3-7,9-10,14H2,1-2H3. The molecule has 0 unspecified atom stereocenters. The number of ether oxygens (including phenoxy) is 1. The van der Waals surface area contributed by atoms with Crippen molar-refractivity contribution in [3.63, 3.8) is 0 Å². The number of carbonyl (C=O) groups excluding carboxylic acids is 4. The molecule has 0 spiro atoms. The van der Waals surface area contributed by atoms with Gasteiger partial charge in [0.15, 0.2) is 6.61 Å². The summed E-state index contributed by atoms with van der Waals surface area (Å²) in [5, 5.41) is 0. The van der Waals surface area contributed by atoms with Crippen LogP contribution in [0.1, 0.15) is 104 Å². The SMILES string of the molecule is Cc1cc(C(=O)COC(=O)c2ccc3c(c2)C(=O)N(C2CCCCC2)C3=O)c(C)n1C1CC1. The molecule has 2 fully saturated rings. The van der Waals surface area contributed by atoms with Crippen LogP contribution >= 0.6 is 0 Å². The van der Waals surface area contributed by atoms with Crippen molar-refractivity contribution in [2.45, 2.75) is 70.9 Å². The van der Waals surface area contributed by atoms with Crippen molar-refractivity contribution in [3.8, 4) is 0 Å². The van der Waals surface area contributed by atoms with Crippen LogP contribution in [0.15, 0.2) is 24.3 Å². The Hall–Kier alpha value is -3.22. The fourth-order valence-electron chi connectivity index (χ4n) is 5.30. The zero-order valence-corrected chi connectivity index (χ0v) is 19.1. The first kappa shape index (κ1) is 21.6. The van der Waals surface area contributed by atoms with E-state index in [9.17, 15) is 19.2 Å². The first-order valence-electron chi connectivity index (χ1n) is 11.8. The van der Waals surface area contributed by atoms with Crippen molar-refractivity contribution in [2.24, 2.45) is 0 Å². The van der Waals surface area contributed by atoms with Crippen molar-refractivity contribution in [1.82, 2.24) is 9.47 Å². The van der Waals surface area contributed by atoms with Crippen LogP contribution in [0.4, 0.5) is 0 Å². The minimum Gasteiger partial charge on any atom is -0.454 e. The molecule has 0 saturated heterocycles. The molecule has 2 amide bonds. The van der Waals surface area contributed by atoms with E-state index in [1.807, 2.05) is 19.9 Å². The van der Waals surface area contributed by atoms with E-state index in [1.165, 1.54) is 23.1 Å². The Morgan fingerprint density at radius 3 is 2.30 bits per heavy atom. The lowest BCUT2D eigenvalue weighted by Gasteiger charge is -2.29. The summed E-state index contributed by atoms with van der Waals surface area (Å²) in [4.78, 5) is 52.5. The van der Waals surface area contributed by atoms with E-state index < -0.39 is 5.97 Å². The predicted octanol–water partition coefficient (Wildman–Crippen LogP) is 4.41. The zero-order valence-electron chi connectivity index (χ0n) is 19.1. The van der Waals surface area contributed by atoms with Crippen LogP contribution < -0.4 is 0 Å². The number of hydrogen-bond donors (Lipinski definition) is 0. The van der Waals surface area contributed by atoms with Gasteiger partial charge in [-0.1, -0.05) is 19.3 Å². The van der Waals surface area contributed by atoms with E-state index in [2.05, 4.69) is 4.57 Å². The molecule has 172 valence electrons. The first-order chi connectivity index (χ1) is 15.9. The number of nitrogens with zero attached hydrogens (tertiary/aromatic N) is 2. The molecule has 7 heteroatoms. The van der Waals surface area contributed by atoms with Gasteiger partial charge in [0.1, 0.15) is 0 Å². The number of rotatable bonds is 6. The van der Waals surface area contributed by atoms with Gasteiger partial charge in [-0.15, -0.1) is 0 Å². The normalized spacial score (nSPS) is 18.5.